The van der Waals surface area contributed by atoms with Crippen LogP contribution in [0.15, 0.2) is 36.5 Å². The van der Waals surface area contributed by atoms with Crippen molar-refractivity contribution >= 4 is 34.7 Å². The maximum Gasteiger partial charge on any atom is 0.425 e. The summed E-state index contributed by atoms with van der Waals surface area (Å²) >= 11 is 0. The number of aliphatic hydroxyl groups is 1. The van der Waals surface area contributed by atoms with E-state index in [1.165, 1.54) is 19.0 Å². The number of rotatable bonds is 10. The van der Waals surface area contributed by atoms with Crippen molar-refractivity contribution in [3.8, 4) is 0 Å². The van der Waals surface area contributed by atoms with Gasteiger partial charge < -0.3 is 39.0 Å². The Morgan fingerprint density at radius 2 is 1.76 bits per heavy atom. The number of nitrogens with one attached hydrogen (secondary N) is 2. The summed E-state index contributed by atoms with van der Waals surface area (Å²) in [6.07, 6.45) is -1.04. The van der Waals surface area contributed by atoms with E-state index in [-0.39, 0.29) is 30.9 Å². The molecule has 13 atom stereocenters. The van der Waals surface area contributed by atoms with Crippen LogP contribution in [0.4, 0.5) is 4.79 Å². The molecule has 3 N–H and O–H groups in total. The first-order valence-corrected chi connectivity index (χ1v) is 20.7. The van der Waals surface area contributed by atoms with Crippen LogP contribution in [0.2, 0.25) is 0 Å². The number of ether oxygens (including phenoxy) is 5. The molecular formula is C43H65N5O10. The highest BCUT2D eigenvalue weighted by Crippen LogP contribution is 2.40. The molecule has 4 heterocycles. The van der Waals surface area contributed by atoms with Crippen molar-refractivity contribution in [3.05, 3.63) is 42.1 Å². The summed E-state index contributed by atoms with van der Waals surface area (Å²) in [5.74, 6) is -4.70. The molecule has 0 bridgehead atoms. The number of likely N-dealkylation sites (N-methyl/N-ethyl adjacent to an activating group) is 1. The van der Waals surface area contributed by atoms with Crippen molar-refractivity contribution in [2.45, 2.75) is 148 Å². The molecule has 5 rings (SSSR count). The molecule has 58 heavy (non-hydrogen) atoms. The average molecular weight is 812 g/mol. The topological polar surface area (TPSA) is 178 Å². The summed E-state index contributed by atoms with van der Waals surface area (Å²) in [6, 6.07) is 8.20. The maximum absolute atomic E-state index is 14.4. The zero-order valence-electron chi connectivity index (χ0n) is 36.0. The van der Waals surface area contributed by atoms with E-state index in [0.717, 1.165) is 16.5 Å². The molecule has 0 radical (unpaired) electrons. The lowest BCUT2D eigenvalue weighted by Crippen LogP contribution is -2.61. The first-order valence-electron chi connectivity index (χ1n) is 20.7. The third kappa shape index (κ3) is 9.34. The molecule has 0 aliphatic carbocycles. The molecule has 2 amide bonds. The van der Waals surface area contributed by atoms with Gasteiger partial charge in [0.2, 0.25) is 5.91 Å². The summed E-state index contributed by atoms with van der Waals surface area (Å²) in [7, 11) is 5.24. The first kappa shape index (κ1) is 45.4. The van der Waals surface area contributed by atoms with Crippen molar-refractivity contribution in [3.63, 3.8) is 0 Å². The lowest BCUT2D eigenvalue weighted by Gasteiger charge is -2.46. The molecule has 322 valence electrons. The minimum absolute atomic E-state index is 0.180. The second-order valence-corrected chi connectivity index (χ2v) is 17.2. The molecule has 15 nitrogen and oxygen atoms in total. The van der Waals surface area contributed by atoms with Gasteiger partial charge in [-0.1, -0.05) is 39.0 Å². The largest absolute Gasteiger partial charge is 0.458 e. The second kappa shape index (κ2) is 18.7. The van der Waals surface area contributed by atoms with E-state index < -0.39 is 83.5 Å². The van der Waals surface area contributed by atoms with Gasteiger partial charge in [0.15, 0.2) is 17.7 Å². The quantitative estimate of drug-likeness (QED) is 0.177. The van der Waals surface area contributed by atoms with Gasteiger partial charge in [-0.15, -0.1) is 0 Å². The summed E-state index contributed by atoms with van der Waals surface area (Å²) < 4.78 is 31.1. The number of pyridine rings is 1. The number of carbonyl (C=O) groups is 4. The fraction of sp³-hybridized carbons (Fsp3) is 0.698. The fourth-order valence-electron chi connectivity index (χ4n) is 9.25. The van der Waals surface area contributed by atoms with Crippen LogP contribution in [0.3, 0.4) is 0 Å². The number of hydrogen-bond acceptors (Lipinski definition) is 13. The van der Waals surface area contributed by atoms with E-state index in [9.17, 15) is 24.3 Å². The number of benzene rings is 1. The number of carbonyl (C=O) groups excluding carboxylic acids is 4. The Bertz CT molecular complexity index is 1770. The predicted molar refractivity (Wildman–Crippen MR) is 216 cm³/mol. The Kier molecular flexibility index (Phi) is 14.6. The monoisotopic (exact) mass is 811 g/mol. The summed E-state index contributed by atoms with van der Waals surface area (Å²) in [5.41, 5.74) is 2.55. The highest BCUT2D eigenvalue weighted by Gasteiger charge is 2.60. The molecule has 3 aliphatic heterocycles. The van der Waals surface area contributed by atoms with Crippen LogP contribution in [-0.4, -0.2) is 132 Å². The number of hydrazine groups is 1. The number of fused-ring (bicyclic) bond motifs is 2. The summed E-state index contributed by atoms with van der Waals surface area (Å²) in [6.45, 7) is 14.2. The van der Waals surface area contributed by atoms with Crippen molar-refractivity contribution in [1.82, 2.24) is 25.6 Å². The molecule has 2 aromatic rings. The number of cyclic esters (lactones) is 1. The third-order valence-electron chi connectivity index (χ3n) is 12.6. The minimum Gasteiger partial charge on any atom is -0.458 e. The van der Waals surface area contributed by atoms with Crippen molar-refractivity contribution in [1.29, 1.82) is 0 Å². The van der Waals surface area contributed by atoms with Gasteiger partial charge in [0.1, 0.15) is 24.2 Å². The number of esters is 1. The zero-order chi connectivity index (χ0) is 42.7. The Morgan fingerprint density at radius 1 is 1.05 bits per heavy atom. The molecular weight excluding hydrogens is 746 g/mol. The van der Waals surface area contributed by atoms with E-state index in [2.05, 4.69) is 15.7 Å². The number of aryl methyl sites for hydroxylation is 1. The summed E-state index contributed by atoms with van der Waals surface area (Å²) in [4.78, 5) is 62.8. The number of para-hydroxylation sites is 1. The second-order valence-electron chi connectivity index (χ2n) is 17.2. The van der Waals surface area contributed by atoms with Crippen LogP contribution in [-0.2, 0) is 44.5 Å². The molecule has 0 spiro atoms. The molecule has 3 aliphatic rings. The number of amides is 2. The molecule has 1 unspecified atom stereocenters. The van der Waals surface area contributed by atoms with E-state index in [0.29, 0.717) is 25.8 Å². The van der Waals surface area contributed by atoms with E-state index in [1.807, 2.05) is 63.2 Å². The molecule has 15 heteroatoms. The van der Waals surface area contributed by atoms with Crippen LogP contribution in [0.5, 0.6) is 0 Å². The normalized spacial score (nSPS) is 36.8. The maximum atomic E-state index is 14.4. The van der Waals surface area contributed by atoms with Gasteiger partial charge in [-0.2, -0.15) is 0 Å². The van der Waals surface area contributed by atoms with Gasteiger partial charge in [-0.05, 0) is 98.5 Å². The van der Waals surface area contributed by atoms with Crippen LogP contribution in [0.25, 0.3) is 10.9 Å². The minimum atomic E-state index is -1.48. The molecule has 3 fully saturated rings. The van der Waals surface area contributed by atoms with Gasteiger partial charge in [-0.25, -0.2) is 15.2 Å². The average Bonchev–Trinajstić information content (AvgIpc) is 3.45. The molecule has 1 aromatic carbocycles. The standard InChI is InChI=1S/C43H65N5O10/c1-12-33-43(8)36(48(41(53)58-43)45-20-15-16-29-19-21-44-31-18-14-13-17-30(29)31)28(6)38(51)46-24(2)23-42(7,54-11)37(26(4)34(49)27(5)39(52)56-33)57-40-35(50)32(47(9)10)22-25(3)55-40/h13-14,17-19,21,24-28,32-33,35-37,40,45,50H,12,15-16,20,22-23H2,1-11H3,(H,46,51)/t24-,25-,26+,27-,28?,32+,33-,35-,36-,37-,40+,42+,43-/m1/s1. The molecule has 0 saturated carbocycles. The number of aromatic nitrogens is 1. The van der Waals surface area contributed by atoms with Crippen LogP contribution >= 0.6 is 0 Å². The van der Waals surface area contributed by atoms with Crippen LogP contribution in [0.1, 0.15) is 86.6 Å². The number of nitrogens with zero attached hydrogens (tertiary/aromatic N) is 3. The molecule has 1 aromatic heterocycles. The van der Waals surface area contributed by atoms with E-state index in [4.69, 9.17) is 23.7 Å². The highest BCUT2D eigenvalue weighted by molar-refractivity contribution is 6.00. The lowest BCUT2D eigenvalue weighted by molar-refractivity contribution is -0.295. The van der Waals surface area contributed by atoms with Gasteiger partial charge in [-0.3, -0.25) is 19.4 Å². The predicted octanol–water partition coefficient (Wildman–Crippen LogP) is 4.18. The number of methoxy groups -OCH3 is 1. The van der Waals surface area contributed by atoms with Crippen LogP contribution in [0, 0.1) is 17.8 Å². The SMILES string of the molecule is CC[C@H]1OC(=O)[C@H](C)C(=O)[C@H](C)[C@@H](O[C@@H]2O[C@H](C)C[C@H](N(C)C)[C@H]2O)[C@@](C)(OC)C[C@@H](C)NC(=O)C(C)[C@H]2N(NCCCc3ccnc4ccccc34)C(=O)O[C@]12C. The third-order valence-corrected chi connectivity index (χ3v) is 12.6. The Hall–Kier alpha value is -3.73. The fourth-order valence-corrected chi connectivity index (χ4v) is 9.25. The number of Topliss-reactive ketones (excluding diaryl/α,β-unsaturated/α-hetero) is 1. The van der Waals surface area contributed by atoms with E-state index >= 15 is 0 Å². The first-order chi connectivity index (χ1) is 27.4. The number of aliphatic hydroxyl groups excluding tert-OH is 1. The van der Waals surface area contributed by atoms with Gasteiger partial charge >= 0.3 is 12.1 Å². The van der Waals surface area contributed by atoms with Gasteiger partial charge in [0.25, 0.3) is 0 Å². The number of ketones is 1. The van der Waals surface area contributed by atoms with Gasteiger partial charge in [0.05, 0.1) is 29.2 Å². The van der Waals surface area contributed by atoms with Crippen molar-refractivity contribution in [2.24, 2.45) is 17.8 Å². The van der Waals surface area contributed by atoms with E-state index in [1.54, 1.807) is 40.8 Å². The van der Waals surface area contributed by atoms with Gasteiger partial charge in [0, 0.05) is 43.2 Å². The van der Waals surface area contributed by atoms with Crippen LogP contribution < -0.4 is 10.7 Å². The molecule has 3 saturated heterocycles. The highest BCUT2D eigenvalue weighted by atomic mass is 16.7. The smallest absolute Gasteiger partial charge is 0.425 e. The lowest BCUT2D eigenvalue weighted by atomic mass is 9.79. The zero-order valence-corrected chi connectivity index (χ0v) is 36.0. The Balaban J connectivity index is 1.44. The summed E-state index contributed by atoms with van der Waals surface area (Å²) in [5, 5.41) is 17.0. The Morgan fingerprint density at radius 3 is 2.43 bits per heavy atom. The Labute approximate surface area is 342 Å². The van der Waals surface area contributed by atoms with Crippen molar-refractivity contribution < 1.29 is 48.0 Å². The van der Waals surface area contributed by atoms with Crippen molar-refractivity contribution in [2.75, 3.05) is 27.7 Å². The number of hydrogen-bond donors (Lipinski definition) is 3.